The van der Waals surface area contributed by atoms with Gasteiger partial charge in [0.25, 0.3) is 0 Å². The predicted molar refractivity (Wildman–Crippen MR) is 220 cm³/mol. The van der Waals surface area contributed by atoms with Crippen LogP contribution in [0.15, 0.2) is 181 Å². The number of benzene rings is 7. The Balaban J connectivity index is 1.08. The summed E-state index contributed by atoms with van der Waals surface area (Å²) >= 11 is 0. The molecule has 6 nitrogen and oxygen atoms in total. The number of aromatic nitrogens is 5. The zero-order valence-corrected chi connectivity index (χ0v) is 29.9. The van der Waals surface area contributed by atoms with Crippen LogP contribution in [0.4, 0.5) is 0 Å². The van der Waals surface area contributed by atoms with Crippen LogP contribution in [0.2, 0.25) is 0 Å². The van der Waals surface area contributed by atoms with E-state index in [1.54, 1.807) is 23.2 Å². The van der Waals surface area contributed by atoms with Gasteiger partial charge < -0.3 is 0 Å². The van der Waals surface area contributed by atoms with Gasteiger partial charge in [-0.05, 0) is 74.8 Å². The molecule has 0 saturated carbocycles. The van der Waals surface area contributed by atoms with Crippen LogP contribution in [0, 0.1) is 0 Å². The van der Waals surface area contributed by atoms with Crippen LogP contribution in [0.5, 0.6) is 0 Å². The molecule has 0 spiro atoms. The molecular formula is C48H35N5O. The molecular weight excluding hydrogens is 663 g/mol. The Morgan fingerprint density at radius 1 is 0.315 bits per heavy atom. The Kier molecular flexibility index (Phi) is 8.33. The lowest BCUT2D eigenvalue weighted by Crippen LogP contribution is -2.19. The molecule has 0 fully saturated rings. The zero-order valence-electron chi connectivity index (χ0n) is 29.9. The van der Waals surface area contributed by atoms with E-state index in [0.29, 0.717) is 17.5 Å². The maximum atomic E-state index is 12.5. The second kappa shape index (κ2) is 13.7. The first-order chi connectivity index (χ1) is 26.5. The van der Waals surface area contributed by atoms with Crippen molar-refractivity contribution in [3.8, 4) is 78.7 Å². The first-order valence-corrected chi connectivity index (χ1v) is 17.9. The molecule has 0 aliphatic rings. The van der Waals surface area contributed by atoms with Crippen molar-refractivity contribution in [2.75, 3.05) is 0 Å². The van der Waals surface area contributed by atoms with Gasteiger partial charge in [-0.3, -0.25) is 9.13 Å². The first-order valence-electron chi connectivity index (χ1n) is 17.9. The molecule has 0 aliphatic carbocycles. The van der Waals surface area contributed by atoms with E-state index in [2.05, 4.69) is 115 Å². The monoisotopic (exact) mass is 697 g/mol. The largest absolute Gasteiger partial charge is 0.328 e. The Morgan fingerprint density at radius 3 is 1.07 bits per heavy atom. The molecule has 7 aromatic carbocycles. The maximum absolute atomic E-state index is 12.5. The summed E-state index contributed by atoms with van der Waals surface area (Å²) in [5.74, 6) is 1.81. The van der Waals surface area contributed by atoms with E-state index < -0.39 is 0 Å². The van der Waals surface area contributed by atoms with Crippen molar-refractivity contribution in [3.63, 3.8) is 0 Å². The lowest BCUT2D eigenvalue weighted by molar-refractivity contribution is 0.795. The smallest absolute Gasteiger partial charge is 0.295 e. The fraction of sp³-hybridized carbons (Fsp3) is 0.0417. The second-order valence-corrected chi connectivity index (χ2v) is 13.5. The van der Waals surface area contributed by atoms with E-state index in [0.717, 1.165) is 50.0 Å². The van der Waals surface area contributed by atoms with Crippen molar-refractivity contribution in [1.29, 1.82) is 0 Å². The molecule has 0 radical (unpaired) electrons. The van der Waals surface area contributed by atoms with Crippen molar-refractivity contribution in [2.24, 2.45) is 14.1 Å². The predicted octanol–water partition coefficient (Wildman–Crippen LogP) is 10.7. The number of aryl methyl sites for hydroxylation is 2. The normalized spacial score (nSPS) is 11.2. The summed E-state index contributed by atoms with van der Waals surface area (Å²) in [7, 11) is 3.60. The van der Waals surface area contributed by atoms with Gasteiger partial charge in [0.2, 0.25) is 0 Å². The van der Waals surface area contributed by atoms with Gasteiger partial charge in [0, 0.05) is 30.8 Å². The minimum atomic E-state index is -0.0403. The van der Waals surface area contributed by atoms with Crippen molar-refractivity contribution in [1.82, 2.24) is 24.1 Å². The van der Waals surface area contributed by atoms with Crippen LogP contribution in [0.25, 0.3) is 89.7 Å². The SMILES string of the molecule is Cn1c(=O)n(C)c2cc(-c3ccc(-c4nc(-c5ccccc5)nc(-c5ccc(-c6cc(-c7ccccc7)cc(-c7ccccc7)c6)cc5)n4)cc3)ccc21. The molecule has 9 aromatic rings. The van der Waals surface area contributed by atoms with E-state index in [9.17, 15) is 4.79 Å². The standard InChI is InChI=1S/C48H35N5O/c1-52-43-27-26-39(31-44(43)53(2)48(52)54)34-18-22-37(23-19-34)46-49-45(36-16-10-5-11-17-36)50-47(51-46)38-24-20-35(21-25-38)42-29-40(32-12-6-3-7-13-32)28-41(30-42)33-14-8-4-9-15-33/h3-31H,1-2H3. The highest BCUT2D eigenvalue weighted by atomic mass is 16.1. The van der Waals surface area contributed by atoms with Crippen LogP contribution in [0.1, 0.15) is 0 Å². The average molecular weight is 698 g/mol. The molecule has 258 valence electrons. The van der Waals surface area contributed by atoms with Gasteiger partial charge in [0.15, 0.2) is 17.5 Å². The van der Waals surface area contributed by atoms with Crippen LogP contribution in [-0.4, -0.2) is 24.1 Å². The molecule has 0 unspecified atom stereocenters. The van der Waals surface area contributed by atoms with Gasteiger partial charge in [-0.15, -0.1) is 0 Å². The highest BCUT2D eigenvalue weighted by Gasteiger charge is 2.15. The number of nitrogens with zero attached hydrogens (tertiary/aromatic N) is 5. The number of hydrogen-bond acceptors (Lipinski definition) is 4. The Labute approximate surface area is 313 Å². The maximum Gasteiger partial charge on any atom is 0.328 e. The van der Waals surface area contributed by atoms with Crippen LogP contribution >= 0.6 is 0 Å². The van der Waals surface area contributed by atoms with Gasteiger partial charge in [0.05, 0.1) is 11.0 Å². The van der Waals surface area contributed by atoms with Crippen LogP contribution < -0.4 is 5.69 Å². The number of imidazole rings is 1. The molecule has 0 amide bonds. The Morgan fingerprint density at radius 2 is 0.630 bits per heavy atom. The lowest BCUT2D eigenvalue weighted by Gasteiger charge is -2.12. The van der Waals surface area contributed by atoms with Gasteiger partial charge in [-0.2, -0.15) is 0 Å². The summed E-state index contributed by atoms with van der Waals surface area (Å²) in [6, 6.07) is 60.7. The van der Waals surface area contributed by atoms with Gasteiger partial charge in [-0.25, -0.2) is 19.7 Å². The van der Waals surface area contributed by atoms with Gasteiger partial charge >= 0.3 is 5.69 Å². The Bertz CT molecular complexity index is 2770. The summed E-state index contributed by atoms with van der Waals surface area (Å²) in [5, 5.41) is 0. The van der Waals surface area contributed by atoms with E-state index in [1.165, 1.54) is 22.3 Å². The third-order valence-electron chi connectivity index (χ3n) is 10.0. The average Bonchev–Trinajstić information content (AvgIpc) is 3.47. The third-order valence-corrected chi connectivity index (χ3v) is 10.0. The molecule has 2 heterocycles. The lowest BCUT2D eigenvalue weighted by atomic mass is 9.93. The fourth-order valence-electron chi connectivity index (χ4n) is 7.05. The highest BCUT2D eigenvalue weighted by Crippen LogP contribution is 2.34. The van der Waals surface area contributed by atoms with Crippen LogP contribution in [-0.2, 0) is 14.1 Å². The Hall–Kier alpha value is -7.18. The molecule has 0 bridgehead atoms. The second-order valence-electron chi connectivity index (χ2n) is 13.5. The van der Waals surface area contributed by atoms with Crippen molar-refractivity contribution < 1.29 is 0 Å². The summed E-state index contributed by atoms with van der Waals surface area (Å²) in [6.07, 6.45) is 0. The summed E-state index contributed by atoms with van der Waals surface area (Å²) < 4.78 is 3.35. The van der Waals surface area contributed by atoms with Crippen LogP contribution in [0.3, 0.4) is 0 Å². The van der Waals surface area contributed by atoms with Crippen molar-refractivity contribution in [2.45, 2.75) is 0 Å². The minimum Gasteiger partial charge on any atom is -0.295 e. The fourth-order valence-corrected chi connectivity index (χ4v) is 7.05. The van der Waals surface area contributed by atoms with E-state index in [1.807, 2.05) is 60.7 Å². The molecule has 0 N–H and O–H groups in total. The van der Waals surface area contributed by atoms with Gasteiger partial charge in [-0.1, -0.05) is 146 Å². The molecule has 6 heteroatoms. The summed E-state index contributed by atoms with van der Waals surface area (Å²) in [5.41, 5.74) is 13.5. The molecule has 0 aliphatic heterocycles. The summed E-state index contributed by atoms with van der Waals surface area (Å²) in [6.45, 7) is 0. The third kappa shape index (κ3) is 6.20. The van der Waals surface area contributed by atoms with Crippen molar-refractivity contribution >= 4 is 11.0 Å². The highest BCUT2D eigenvalue weighted by molar-refractivity contribution is 5.84. The quantitative estimate of drug-likeness (QED) is 0.166. The number of hydrogen-bond donors (Lipinski definition) is 0. The molecule has 0 atom stereocenters. The molecule has 54 heavy (non-hydrogen) atoms. The van der Waals surface area contributed by atoms with Crippen molar-refractivity contribution in [3.05, 3.63) is 186 Å². The molecule has 9 rings (SSSR count). The zero-order chi connectivity index (χ0) is 36.6. The molecule has 2 aromatic heterocycles. The topological polar surface area (TPSA) is 65.6 Å². The number of rotatable bonds is 7. The first kappa shape index (κ1) is 32.7. The van der Waals surface area contributed by atoms with E-state index in [4.69, 9.17) is 15.0 Å². The van der Waals surface area contributed by atoms with Gasteiger partial charge in [0.1, 0.15) is 0 Å². The van der Waals surface area contributed by atoms with E-state index in [-0.39, 0.29) is 5.69 Å². The summed E-state index contributed by atoms with van der Waals surface area (Å²) in [4.78, 5) is 27.4. The van der Waals surface area contributed by atoms with E-state index >= 15 is 0 Å². The number of fused-ring (bicyclic) bond motifs is 1. The molecule has 0 saturated heterocycles. The minimum absolute atomic E-state index is 0.0403.